The van der Waals surface area contributed by atoms with E-state index in [0.29, 0.717) is 12.2 Å². The number of benzene rings is 1. The summed E-state index contributed by atoms with van der Waals surface area (Å²) in [6, 6.07) is 13.5. The lowest BCUT2D eigenvalue weighted by atomic mass is 10.1. The van der Waals surface area contributed by atoms with Gasteiger partial charge in [-0.15, -0.1) is 0 Å². The Morgan fingerprint density at radius 1 is 1.17 bits per heavy atom. The molecule has 0 spiro atoms. The summed E-state index contributed by atoms with van der Waals surface area (Å²) in [5.41, 5.74) is 1.64. The van der Waals surface area contributed by atoms with Gasteiger partial charge in [0.2, 0.25) is 0 Å². The quantitative estimate of drug-likeness (QED) is 0.887. The molecule has 3 rings (SSSR count). The van der Waals surface area contributed by atoms with E-state index in [2.05, 4.69) is 15.2 Å². The molecule has 1 fully saturated rings. The van der Waals surface area contributed by atoms with Crippen LogP contribution in [0.15, 0.2) is 42.5 Å². The predicted molar refractivity (Wildman–Crippen MR) is 94.7 cm³/mol. The van der Waals surface area contributed by atoms with Gasteiger partial charge in [0.1, 0.15) is 17.3 Å². The summed E-state index contributed by atoms with van der Waals surface area (Å²) in [6.45, 7) is 2.63. The second kappa shape index (κ2) is 7.81. The molecule has 1 N–H and O–H groups in total. The van der Waals surface area contributed by atoms with Crippen LogP contribution in [-0.2, 0) is 6.42 Å². The van der Waals surface area contributed by atoms with E-state index < -0.39 is 0 Å². The van der Waals surface area contributed by atoms with Gasteiger partial charge in [0.25, 0.3) is 5.91 Å². The van der Waals surface area contributed by atoms with Crippen molar-refractivity contribution in [1.29, 1.82) is 0 Å². The van der Waals surface area contributed by atoms with Crippen LogP contribution < -0.4 is 15.0 Å². The van der Waals surface area contributed by atoms with E-state index in [9.17, 15) is 4.79 Å². The van der Waals surface area contributed by atoms with E-state index in [4.69, 9.17) is 4.74 Å². The number of carbonyl (C=O) groups is 1. The fraction of sp³-hybridized carbons (Fsp3) is 0.368. The molecule has 2 heterocycles. The number of anilines is 1. The lowest BCUT2D eigenvalue weighted by Crippen LogP contribution is -2.27. The minimum atomic E-state index is -0.121. The number of pyridine rings is 1. The Labute approximate surface area is 142 Å². The third-order valence-corrected chi connectivity index (χ3v) is 4.26. The monoisotopic (exact) mass is 325 g/mol. The zero-order valence-corrected chi connectivity index (χ0v) is 14.0. The summed E-state index contributed by atoms with van der Waals surface area (Å²) in [7, 11) is 1.65. The van der Waals surface area contributed by atoms with Crippen LogP contribution in [0.4, 0.5) is 5.82 Å². The van der Waals surface area contributed by atoms with Gasteiger partial charge in [-0.05, 0) is 49.1 Å². The highest BCUT2D eigenvalue weighted by Crippen LogP contribution is 2.17. The maximum Gasteiger partial charge on any atom is 0.269 e. The first-order valence-electron chi connectivity index (χ1n) is 8.39. The molecule has 1 aliphatic rings. The molecule has 1 saturated heterocycles. The van der Waals surface area contributed by atoms with E-state index >= 15 is 0 Å². The molecule has 5 nitrogen and oxygen atoms in total. The second-order valence-electron chi connectivity index (χ2n) is 5.93. The van der Waals surface area contributed by atoms with Crippen LogP contribution in [-0.4, -0.2) is 37.6 Å². The largest absolute Gasteiger partial charge is 0.497 e. The van der Waals surface area contributed by atoms with Crippen LogP contribution in [0.2, 0.25) is 0 Å². The molecule has 0 atom stereocenters. The number of nitrogens with zero attached hydrogens (tertiary/aromatic N) is 2. The maximum atomic E-state index is 12.3. The van der Waals surface area contributed by atoms with Crippen LogP contribution in [0.3, 0.4) is 0 Å². The Kier molecular flexibility index (Phi) is 5.31. The van der Waals surface area contributed by atoms with Gasteiger partial charge in [0.15, 0.2) is 0 Å². The van der Waals surface area contributed by atoms with Gasteiger partial charge in [-0.1, -0.05) is 18.2 Å². The van der Waals surface area contributed by atoms with Gasteiger partial charge in [-0.25, -0.2) is 4.98 Å². The Morgan fingerprint density at radius 2 is 1.92 bits per heavy atom. The molecule has 0 bridgehead atoms. The molecule has 0 saturated carbocycles. The first-order valence-corrected chi connectivity index (χ1v) is 8.39. The number of carbonyl (C=O) groups excluding carboxylic acids is 1. The van der Waals surface area contributed by atoms with Crippen molar-refractivity contribution in [3.8, 4) is 5.75 Å². The number of hydrogen-bond donors (Lipinski definition) is 1. The van der Waals surface area contributed by atoms with Gasteiger partial charge in [0, 0.05) is 19.6 Å². The molecule has 0 aliphatic carbocycles. The van der Waals surface area contributed by atoms with Crippen LogP contribution in [0.1, 0.15) is 28.9 Å². The predicted octanol–water partition coefficient (Wildman–Crippen LogP) is 2.66. The zero-order chi connectivity index (χ0) is 16.8. The van der Waals surface area contributed by atoms with E-state index in [-0.39, 0.29) is 5.91 Å². The van der Waals surface area contributed by atoms with Gasteiger partial charge in [-0.3, -0.25) is 4.79 Å². The molecule has 0 radical (unpaired) electrons. The van der Waals surface area contributed by atoms with E-state index in [1.54, 1.807) is 13.2 Å². The highest BCUT2D eigenvalue weighted by Gasteiger charge is 2.15. The summed E-state index contributed by atoms with van der Waals surface area (Å²) in [5, 5.41) is 2.94. The van der Waals surface area contributed by atoms with Crippen molar-refractivity contribution >= 4 is 11.7 Å². The number of methoxy groups -OCH3 is 1. The molecule has 5 heteroatoms. The summed E-state index contributed by atoms with van der Waals surface area (Å²) < 4.78 is 5.14. The Hall–Kier alpha value is -2.56. The molecule has 1 aliphatic heterocycles. The Bertz CT molecular complexity index is 679. The molecule has 1 amide bonds. The Morgan fingerprint density at radius 3 is 2.62 bits per heavy atom. The molecular formula is C19H23N3O2. The zero-order valence-electron chi connectivity index (χ0n) is 14.0. The number of nitrogens with one attached hydrogen (secondary N) is 1. The van der Waals surface area contributed by atoms with Gasteiger partial charge >= 0.3 is 0 Å². The average Bonchev–Trinajstić information content (AvgIpc) is 3.17. The third-order valence-electron chi connectivity index (χ3n) is 4.26. The highest BCUT2D eigenvalue weighted by atomic mass is 16.5. The summed E-state index contributed by atoms with van der Waals surface area (Å²) in [4.78, 5) is 19.0. The van der Waals surface area contributed by atoms with Crippen molar-refractivity contribution < 1.29 is 9.53 Å². The van der Waals surface area contributed by atoms with E-state index in [0.717, 1.165) is 36.6 Å². The van der Waals surface area contributed by atoms with E-state index in [1.807, 2.05) is 36.4 Å². The highest BCUT2D eigenvalue weighted by molar-refractivity contribution is 5.92. The minimum absolute atomic E-state index is 0.121. The number of aromatic nitrogens is 1. The van der Waals surface area contributed by atoms with Gasteiger partial charge in [-0.2, -0.15) is 0 Å². The van der Waals surface area contributed by atoms with Crippen molar-refractivity contribution in [2.24, 2.45) is 0 Å². The topological polar surface area (TPSA) is 54.5 Å². The van der Waals surface area contributed by atoms with Crippen molar-refractivity contribution in [3.63, 3.8) is 0 Å². The number of rotatable bonds is 6. The normalized spacial score (nSPS) is 13.8. The molecule has 1 aromatic heterocycles. The standard InChI is InChI=1S/C19H23N3O2/c1-24-16-9-7-15(8-10-16)11-12-20-19(23)17-5-4-6-18(21-17)22-13-2-3-14-22/h4-10H,2-3,11-14H2,1H3,(H,20,23). The maximum absolute atomic E-state index is 12.3. The lowest BCUT2D eigenvalue weighted by molar-refractivity contribution is 0.0949. The summed E-state index contributed by atoms with van der Waals surface area (Å²) in [5.74, 6) is 1.62. The summed E-state index contributed by atoms with van der Waals surface area (Å²) in [6.07, 6.45) is 3.17. The number of hydrogen-bond acceptors (Lipinski definition) is 4. The molecule has 126 valence electrons. The van der Waals surface area contributed by atoms with Crippen LogP contribution in [0.5, 0.6) is 5.75 Å². The smallest absolute Gasteiger partial charge is 0.269 e. The number of ether oxygens (including phenoxy) is 1. The second-order valence-corrected chi connectivity index (χ2v) is 5.93. The van der Waals surface area contributed by atoms with Crippen LogP contribution in [0, 0.1) is 0 Å². The lowest BCUT2D eigenvalue weighted by Gasteiger charge is -2.16. The number of amides is 1. The fourth-order valence-corrected chi connectivity index (χ4v) is 2.88. The van der Waals surface area contributed by atoms with Crippen molar-refractivity contribution in [3.05, 3.63) is 53.7 Å². The first-order chi connectivity index (χ1) is 11.8. The molecule has 24 heavy (non-hydrogen) atoms. The molecular weight excluding hydrogens is 302 g/mol. The minimum Gasteiger partial charge on any atom is -0.497 e. The van der Waals surface area contributed by atoms with Gasteiger partial charge < -0.3 is 15.0 Å². The Balaban J connectivity index is 1.53. The van der Waals surface area contributed by atoms with E-state index in [1.165, 1.54) is 12.8 Å². The van der Waals surface area contributed by atoms with Gasteiger partial charge in [0.05, 0.1) is 7.11 Å². The SMILES string of the molecule is COc1ccc(CCNC(=O)c2cccc(N3CCCC3)n2)cc1. The average molecular weight is 325 g/mol. The molecule has 2 aromatic rings. The molecule has 1 aromatic carbocycles. The fourth-order valence-electron chi connectivity index (χ4n) is 2.88. The van der Waals surface area contributed by atoms with Crippen molar-refractivity contribution in [2.75, 3.05) is 31.6 Å². The van der Waals surface area contributed by atoms with Crippen molar-refractivity contribution in [2.45, 2.75) is 19.3 Å². The summed E-state index contributed by atoms with van der Waals surface area (Å²) >= 11 is 0. The first kappa shape index (κ1) is 16.3. The van der Waals surface area contributed by atoms with Crippen LogP contribution in [0.25, 0.3) is 0 Å². The van der Waals surface area contributed by atoms with Crippen LogP contribution >= 0.6 is 0 Å². The molecule has 0 unspecified atom stereocenters. The van der Waals surface area contributed by atoms with Crippen molar-refractivity contribution in [1.82, 2.24) is 10.3 Å². The third kappa shape index (κ3) is 4.04.